The van der Waals surface area contributed by atoms with Crippen LogP contribution in [0.25, 0.3) is 0 Å². The van der Waals surface area contributed by atoms with Crippen molar-refractivity contribution in [1.29, 1.82) is 0 Å². The number of carboxylic acids is 2. The highest BCUT2D eigenvalue weighted by Crippen LogP contribution is 2.45. The Hall–Kier alpha value is -2.61. The minimum Gasteiger partial charge on any atom is -0.478 e. The number of aliphatic carboxylic acids is 2. The van der Waals surface area contributed by atoms with Crippen molar-refractivity contribution in [3.8, 4) is 0 Å². The molecule has 0 amide bonds. The molecule has 33 heavy (non-hydrogen) atoms. The number of benzene rings is 2. The first kappa shape index (κ1) is 23.5. The first-order valence-electron chi connectivity index (χ1n) is 11.4. The second kappa shape index (κ2) is 10.5. The third-order valence-electron chi connectivity index (χ3n) is 6.54. The molecule has 1 saturated heterocycles. The van der Waals surface area contributed by atoms with Gasteiger partial charge in [0.05, 0.1) is 0 Å². The highest BCUT2D eigenvalue weighted by Gasteiger charge is 2.30. The zero-order valence-electron chi connectivity index (χ0n) is 18.9. The Morgan fingerprint density at radius 1 is 0.909 bits per heavy atom. The summed E-state index contributed by atoms with van der Waals surface area (Å²) >= 11 is 2.00. The van der Waals surface area contributed by atoms with Crippen LogP contribution < -0.4 is 0 Å². The van der Waals surface area contributed by atoms with E-state index >= 15 is 0 Å². The SMILES string of the molecule is CN1CCN(C2Cc3ccccc3Sc3cc4c(cc32)CCC4)CC1.O=C(O)/C=C/C(=O)O. The number of likely N-dealkylation sites (N-methyl/N-ethyl adjacent to an activating group) is 1. The van der Waals surface area contributed by atoms with E-state index in [0.717, 1.165) is 6.42 Å². The standard InChI is InChI=1S/C22H26N2S.C4H4O4/c1-23-9-11-24(12-10-23)20-14-18-5-2-3-8-21(18)25-22-15-17-7-4-6-16(17)13-19(20)22;5-3(6)1-2-4(7)8/h2-3,5,8,13,15,20H,4,6-7,9-12,14H2,1H3;1-2H,(H,5,6)(H,7,8)/b;2-1+. The minimum atomic E-state index is -1.26. The van der Waals surface area contributed by atoms with Crippen LogP contribution in [0.3, 0.4) is 0 Å². The van der Waals surface area contributed by atoms with E-state index in [1.54, 1.807) is 16.7 Å². The lowest BCUT2D eigenvalue weighted by Crippen LogP contribution is -2.46. The van der Waals surface area contributed by atoms with Crippen molar-refractivity contribution in [1.82, 2.24) is 9.80 Å². The summed E-state index contributed by atoms with van der Waals surface area (Å²) in [6, 6.07) is 14.7. The van der Waals surface area contributed by atoms with E-state index in [4.69, 9.17) is 10.2 Å². The van der Waals surface area contributed by atoms with Gasteiger partial charge in [-0.15, -0.1) is 0 Å². The second-order valence-corrected chi connectivity index (χ2v) is 9.87. The van der Waals surface area contributed by atoms with Crippen LogP contribution in [0.15, 0.2) is 58.3 Å². The highest BCUT2D eigenvalue weighted by molar-refractivity contribution is 7.99. The molecule has 0 bridgehead atoms. The molecule has 174 valence electrons. The van der Waals surface area contributed by atoms with Crippen LogP contribution >= 0.6 is 11.8 Å². The van der Waals surface area contributed by atoms with Gasteiger partial charge in [-0.2, -0.15) is 0 Å². The fraction of sp³-hybridized carbons (Fsp3) is 0.385. The van der Waals surface area contributed by atoms with Gasteiger partial charge in [0.15, 0.2) is 0 Å². The van der Waals surface area contributed by atoms with Crippen LogP contribution in [0.4, 0.5) is 0 Å². The first-order chi connectivity index (χ1) is 15.9. The molecule has 1 fully saturated rings. The van der Waals surface area contributed by atoms with E-state index < -0.39 is 11.9 Å². The van der Waals surface area contributed by atoms with Crippen LogP contribution in [-0.4, -0.2) is 65.2 Å². The number of nitrogens with zero attached hydrogens (tertiary/aromatic N) is 2. The maximum atomic E-state index is 9.55. The highest BCUT2D eigenvalue weighted by atomic mass is 32.2. The van der Waals surface area contributed by atoms with Gasteiger partial charge in [-0.1, -0.05) is 36.0 Å². The van der Waals surface area contributed by atoms with Crippen LogP contribution in [0.5, 0.6) is 0 Å². The molecular formula is C26H30N2O4S. The Morgan fingerprint density at radius 3 is 2.21 bits per heavy atom. The molecule has 0 aromatic heterocycles. The Morgan fingerprint density at radius 2 is 1.55 bits per heavy atom. The van der Waals surface area contributed by atoms with Gasteiger partial charge in [-0.05, 0) is 67.1 Å². The van der Waals surface area contributed by atoms with Crippen LogP contribution in [0.2, 0.25) is 0 Å². The molecule has 2 aromatic rings. The van der Waals surface area contributed by atoms with Crippen molar-refractivity contribution in [3.05, 3.63) is 70.8 Å². The second-order valence-electron chi connectivity index (χ2n) is 8.79. The molecule has 5 rings (SSSR count). The quantitative estimate of drug-likeness (QED) is 0.665. The van der Waals surface area contributed by atoms with Gasteiger partial charge >= 0.3 is 11.9 Å². The maximum Gasteiger partial charge on any atom is 0.328 e. The molecule has 0 radical (unpaired) electrons. The molecule has 6 nitrogen and oxygen atoms in total. The Kier molecular flexibility index (Phi) is 7.53. The zero-order valence-corrected chi connectivity index (χ0v) is 19.7. The van der Waals surface area contributed by atoms with Gasteiger partial charge in [0.25, 0.3) is 0 Å². The summed E-state index contributed by atoms with van der Waals surface area (Å²) in [7, 11) is 2.25. The molecule has 1 atom stereocenters. The number of rotatable bonds is 3. The maximum absolute atomic E-state index is 9.55. The van der Waals surface area contributed by atoms with E-state index in [9.17, 15) is 9.59 Å². The lowest BCUT2D eigenvalue weighted by atomic mass is 9.94. The molecule has 3 aliphatic rings. The summed E-state index contributed by atoms with van der Waals surface area (Å²) in [5.41, 5.74) is 6.33. The predicted molar refractivity (Wildman–Crippen MR) is 129 cm³/mol. The van der Waals surface area contributed by atoms with Gasteiger partial charge in [0, 0.05) is 54.2 Å². The van der Waals surface area contributed by atoms with Crippen LogP contribution in [0.1, 0.15) is 34.7 Å². The molecule has 2 aliphatic heterocycles. The van der Waals surface area contributed by atoms with Crippen LogP contribution in [-0.2, 0) is 28.9 Å². The molecule has 1 aliphatic carbocycles. The molecule has 0 spiro atoms. The monoisotopic (exact) mass is 466 g/mol. The third kappa shape index (κ3) is 5.85. The van der Waals surface area contributed by atoms with Crippen molar-refractivity contribution < 1.29 is 19.8 Å². The number of aryl methyl sites for hydroxylation is 2. The number of fused-ring (bicyclic) bond motifs is 3. The number of piperazine rings is 1. The fourth-order valence-electron chi connectivity index (χ4n) is 4.78. The van der Waals surface area contributed by atoms with Gasteiger partial charge in [0.1, 0.15) is 0 Å². The van der Waals surface area contributed by atoms with Crippen molar-refractivity contribution in [2.24, 2.45) is 0 Å². The van der Waals surface area contributed by atoms with Crippen molar-refractivity contribution >= 4 is 23.7 Å². The molecule has 7 heteroatoms. The van der Waals surface area contributed by atoms with Gasteiger partial charge in [-0.3, -0.25) is 4.90 Å². The van der Waals surface area contributed by atoms with Gasteiger partial charge in [-0.25, -0.2) is 9.59 Å². The lowest BCUT2D eigenvalue weighted by Gasteiger charge is -2.38. The smallest absolute Gasteiger partial charge is 0.328 e. The summed E-state index contributed by atoms with van der Waals surface area (Å²) in [5, 5.41) is 15.6. The summed E-state index contributed by atoms with van der Waals surface area (Å²) in [6.07, 6.45) is 6.14. The Bertz CT molecular complexity index is 1040. The van der Waals surface area contributed by atoms with Crippen LogP contribution in [0, 0.1) is 0 Å². The van der Waals surface area contributed by atoms with Crippen molar-refractivity contribution in [2.75, 3.05) is 33.2 Å². The van der Waals surface area contributed by atoms with Gasteiger partial charge < -0.3 is 15.1 Å². The number of carboxylic acid groups (broad SMARTS) is 2. The van der Waals surface area contributed by atoms with E-state index in [1.807, 2.05) is 11.8 Å². The van der Waals surface area contributed by atoms with E-state index in [0.29, 0.717) is 18.2 Å². The third-order valence-corrected chi connectivity index (χ3v) is 7.73. The summed E-state index contributed by atoms with van der Waals surface area (Å²) in [5.74, 6) is -2.51. The summed E-state index contributed by atoms with van der Waals surface area (Å²) in [4.78, 5) is 27.3. The predicted octanol–water partition coefficient (Wildman–Crippen LogP) is 3.88. The lowest BCUT2D eigenvalue weighted by molar-refractivity contribution is -0.134. The van der Waals surface area contributed by atoms with E-state index in [2.05, 4.69) is 53.2 Å². The Labute approximate surface area is 198 Å². The van der Waals surface area contributed by atoms with Crippen molar-refractivity contribution in [3.63, 3.8) is 0 Å². The number of hydrogen-bond acceptors (Lipinski definition) is 5. The molecular weight excluding hydrogens is 436 g/mol. The van der Waals surface area contributed by atoms with Gasteiger partial charge in [0.2, 0.25) is 0 Å². The summed E-state index contributed by atoms with van der Waals surface area (Å²) < 4.78 is 0. The molecule has 2 heterocycles. The number of carbonyl (C=O) groups is 2. The zero-order chi connectivity index (χ0) is 23.4. The summed E-state index contributed by atoms with van der Waals surface area (Å²) in [6.45, 7) is 4.74. The normalized spacial score (nSPS) is 20.2. The first-order valence-corrected chi connectivity index (χ1v) is 12.2. The van der Waals surface area contributed by atoms with E-state index in [1.165, 1.54) is 60.8 Å². The Balaban J connectivity index is 0.000000281. The number of hydrogen-bond donors (Lipinski definition) is 2. The molecule has 0 saturated carbocycles. The average Bonchev–Trinajstić information content (AvgIpc) is 3.18. The molecule has 2 N–H and O–H groups in total. The largest absolute Gasteiger partial charge is 0.478 e. The minimum absolute atomic E-state index is 0.533. The molecule has 2 aromatic carbocycles. The topological polar surface area (TPSA) is 81.1 Å². The average molecular weight is 467 g/mol. The van der Waals surface area contributed by atoms with Crippen molar-refractivity contribution in [2.45, 2.75) is 41.5 Å². The molecule has 1 unspecified atom stereocenters. The van der Waals surface area contributed by atoms with E-state index in [-0.39, 0.29) is 0 Å². The fourth-order valence-corrected chi connectivity index (χ4v) is 5.96.